The van der Waals surface area contributed by atoms with Crippen molar-refractivity contribution in [1.82, 2.24) is 0 Å². The van der Waals surface area contributed by atoms with Crippen LogP contribution in [0.1, 0.15) is 32.8 Å². The second-order valence-electron chi connectivity index (χ2n) is 5.97. The number of hydrogen-bond donors (Lipinski definition) is 2. The quantitative estimate of drug-likeness (QED) is 0.752. The lowest BCUT2D eigenvalue weighted by molar-refractivity contribution is -0.115. The van der Waals surface area contributed by atoms with Crippen molar-refractivity contribution in [3.05, 3.63) is 54.1 Å². The van der Waals surface area contributed by atoms with Crippen molar-refractivity contribution in [2.75, 3.05) is 17.2 Å². The molecule has 0 aromatic heterocycles. The number of amides is 1. The smallest absolute Gasteiger partial charge is 0.226 e. The number of benzene rings is 2. The van der Waals surface area contributed by atoms with Crippen molar-refractivity contribution in [1.29, 1.82) is 0 Å². The summed E-state index contributed by atoms with van der Waals surface area (Å²) in [4.78, 5) is 12.0. The largest absolute Gasteiger partial charge is 0.491 e. The molecule has 2 N–H and O–H groups in total. The van der Waals surface area contributed by atoms with Gasteiger partial charge >= 0.3 is 0 Å². The van der Waals surface area contributed by atoms with E-state index in [1.807, 2.05) is 62.4 Å². The van der Waals surface area contributed by atoms with Gasteiger partial charge in [-0.15, -0.1) is 0 Å². The van der Waals surface area contributed by atoms with Gasteiger partial charge in [0.25, 0.3) is 0 Å². The van der Waals surface area contributed by atoms with Gasteiger partial charge in [-0.1, -0.05) is 19.1 Å². The van der Waals surface area contributed by atoms with Crippen molar-refractivity contribution >= 4 is 17.3 Å². The zero-order chi connectivity index (χ0) is 17.4. The van der Waals surface area contributed by atoms with Gasteiger partial charge < -0.3 is 15.4 Å². The molecule has 128 valence electrons. The molecule has 0 aliphatic rings. The maximum atomic E-state index is 12.0. The first-order valence-electron chi connectivity index (χ1n) is 8.46. The fourth-order valence-electron chi connectivity index (χ4n) is 2.29. The summed E-state index contributed by atoms with van der Waals surface area (Å²) >= 11 is 0. The zero-order valence-electron chi connectivity index (χ0n) is 14.6. The highest BCUT2D eigenvalue weighted by Crippen LogP contribution is 2.17. The van der Waals surface area contributed by atoms with Crippen molar-refractivity contribution in [3.8, 4) is 5.75 Å². The van der Waals surface area contributed by atoms with Crippen LogP contribution in [0.15, 0.2) is 48.5 Å². The molecule has 2 rings (SSSR count). The van der Waals surface area contributed by atoms with Gasteiger partial charge in [0, 0.05) is 24.3 Å². The minimum Gasteiger partial charge on any atom is -0.491 e. The molecular weight excluding hydrogens is 300 g/mol. The Bertz CT molecular complexity index is 634. The summed E-state index contributed by atoms with van der Waals surface area (Å²) in [5.41, 5.74) is 3.08. The number of nitrogens with one attached hydrogen (secondary N) is 2. The van der Waals surface area contributed by atoms with Crippen LogP contribution in [0.25, 0.3) is 0 Å². The first kappa shape index (κ1) is 17.9. The Morgan fingerprint density at radius 1 is 1.00 bits per heavy atom. The lowest BCUT2D eigenvalue weighted by atomic mass is 10.1. The van der Waals surface area contributed by atoms with Gasteiger partial charge in [0.1, 0.15) is 5.75 Å². The van der Waals surface area contributed by atoms with Crippen molar-refractivity contribution in [3.63, 3.8) is 0 Å². The predicted molar refractivity (Wildman–Crippen MR) is 99.8 cm³/mol. The van der Waals surface area contributed by atoms with E-state index in [4.69, 9.17) is 4.74 Å². The fraction of sp³-hybridized carbons (Fsp3) is 0.350. The monoisotopic (exact) mass is 326 g/mol. The molecule has 2 aromatic rings. The molecule has 0 aliphatic carbocycles. The van der Waals surface area contributed by atoms with Crippen LogP contribution in [0.5, 0.6) is 5.75 Å². The molecule has 0 heterocycles. The molecule has 0 aliphatic heterocycles. The topological polar surface area (TPSA) is 50.4 Å². The van der Waals surface area contributed by atoms with Crippen molar-refractivity contribution in [2.24, 2.45) is 0 Å². The van der Waals surface area contributed by atoms with E-state index in [0.29, 0.717) is 13.0 Å². The van der Waals surface area contributed by atoms with Gasteiger partial charge in [-0.2, -0.15) is 0 Å². The van der Waals surface area contributed by atoms with Crippen LogP contribution in [-0.2, 0) is 11.2 Å². The predicted octanol–water partition coefficient (Wildman–Crippen LogP) is 4.48. The van der Waals surface area contributed by atoms with Crippen LogP contribution in [0, 0.1) is 0 Å². The Balaban J connectivity index is 1.73. The fourth-order valence-corrected chi connectivity index (χ4v) is 2.29. The molecule has 0 saturated carbocycles. The SMILES string of the molecule is CCc1ccc(NC(=O)CCNc2ccc(OC(C)C)cc2)cc1. The molecule has 0 radical (unpaired) electrons. The van der Waals surface area contributed by atoms with E-state index in [0.717, 1.165) is 23.5 Å². The van der Waals surface area contributed by atoms with E-state index >= 15 is 0 Å². The molecule has 0 unspecified atom stereocenters. The number of ether oxygens (including phenoxy) is 1. The maximum absolute atomic E-state index is 12.0. The molecule has 1 amide bonds. The molecule has 2 aromatic carbocycles. The summed E-state index contributed by atoms with van der Waals surface area (Å²) < 4.78 is 5.60. The van der Waals surface area contributed by atoms with Crippen LogP contribution in [-0.4, -0.2) is 18.6 Å². The molecule has 4 nitrogen and oxygen atoms in total. The van der Waals surface area contributed by atoms with Gasteiger partial charge in [0.2, 0.25) is 5.91 Å². The molecule has 24 heavy (non-hydrogen) atoms. The summed E-state index contributed by atoms with van der Waals surface area (Å²) in [6, 6.07) is 15.7. The minimum atomic E-state index is 0.00603. The molecule has 0 atom stereocenters. The number of aryl methyl sites for hydroxylation is 1. The Hall–Kier alpha value is -2.49. The third kappa shape index (κ3) is 5.95. The Morgan fingerprint density at radius 2 is 1.62 bits per heavy atom. The van der Waals surface area contributed by atoms with Gasteiger partial charge in [-0.25, -0.2) is 0 Å². The highest BCUT2D eigenvalue weighted by molar-refractivity contribution is 5.90. The van der Waals surface area contributed by atoms with Gasteiger partial charge in [0.15, 0.2) is 0 Å². The van der Waals surface area contributed by atoms with Gasteiger partial charge in [-0.05, 0) is 62.2 Å². The third-order valence-corrected chi connectivity index (χ3v) is 3.55. The van der Waals surface area contributed by atoms with Crippen LogP contribution < -0.4 is 15.4 Å². The van der Waals surface area contributed by atoms with Gasteiger partial charge in [0.05, 0.1) is 6.10 Å². The Kier molecular flexibility index (Phi) is 6.67. The molecule has 4 heteroatoms. The highest BCUT2D eigenvalue weighted by atomic mass is 16.5. The first-order valence-corrected chi connectivity index (χ1v) is 8.46. The van der Waals surface area contributed by atoms with Crippen LogP contribution in [0.4, 0.5) is 11.4 Å². The number of carbonyl (C=O) groups is 1. The normalized spacial score (nSPS) is 10.5. The lowest BCUT2D eigenvalue weighted by Gasteiger charge is -2.11. The van der Waals surface area contributed by atoms with Crippen LogP contribution in [0.3, 0.4) is 0 Å². The number of rotatable bonds is 8. The Labute approximate surface area is 144 Å². The molecular formula is C20H26N2O2. The Morgan fingerprint density at radius 3 is 2.21 bits per heavy atom. The molecule has 0 bridgehead atoms. The summed E-state index contributed by atoms with van der Waals surface area (Å²) in [7, 11) is 0. The minimum absolute atomic E-state index is 0.00603. The van der Waals surface area contributed by atoms with E-state index in [-0.39, 0.29) is 12.0 Å². The third-order valence-electron chi connectivity index (χ3n) is 3.55. The number of anilines is 2. The zero-order valence-corrected chi connectivity index (χ0v) is 14.6. The summed E-state index contributed by atoms with van der Waals surface area (Å²) in [5, 5.41) is 6.15. The number of hydrogen-bond acceptors (Lipinski definition) is 3. The van der Waals surface area contributed by atoms with Crippen LogP contribution >= 0.6 is 0 Å². The molecule has 0 saturated heterocycles. The summed E-state index contributed by atoms with van der Waals surface area (Å²) in [6.07, 6.45) is 1.58. The molecule has 0 spiro atoms. The average molecular weight is 326 g/mol. The van der Waals surface area contributed by atoms with E-state index < -0.39 is 0 Å². The maximum Gasteiger partial charge on any atom is 0.226 e. The van der Waals surface area contributed by atoms with Crippen molar-refractivity contribution < 1.29 is 9.53 Å². The first-order chi connectivity index (χ1) is 11.6. The second-order valence-corrected chi connectivity index (χ2v) is 5.97. The summed E-state index contributed by atoms with van der Waals surface area (Å²) in [6.45, 7) is 6.70. The van der Waals surface area contributed by atoms with Crippen molar-refractivity contribution in [2.45, 2.75) is 39.7 Å². The van der Waals surface area contributed by atoms with Gasteiger partial charge in [-0.3, -0.25) is 4.79 Å². The lowest BCUT2D eigenvalue weighted by Crippen LogP contribution is -2.16. The van der Waals surface area contributed by atoms with E-state index in [2.05, 4.69) is 17.6 Å². The summed E-state index contributed by atoms with van der Waals surface area (Å²) in [5.74, 6) is 0.857. The number of carbonyl (C=O) groups excluding carboxylic acids is 1. The highest BCUT2D eigenvalue weighted by Gasteiger charge is 2.03. The van der Waals surface area contributed by atoms with E-state index in [1.165, 1.54) is 5.56 Å². The second kappa shape index (κ2) is 8.96. The van der Waals surface area contributed by atoms with Crippen LogP contribution in [0.2, 0.25) is 0 Å². The van der Waals surface area contributed by atoms with E-state index in [9.17, 15) is 4.79 Å². The van der Waals surface area contributed by atoms with E-state index in [1.54, 1.807) is 0 Å². The molecule has 0 fully saturated rings. The average Bonchev–Trinajstić information content (AvgIpc) is 2.57. The standard InChI is InChI=1S/C20H26N2O2/c1-4-16-5-7-18(8-6-16)22-20(23)13-14-21-17-9-11-19(12-10-17)24-15(2)3/h5-12,15,21H,4,13-14H2,1-3H3,(H,22,23).